The molecule has 3 rings (SSSR count). The quantitative estimate of drug-likeness (QED) is 0.101. The summed E-state index contributed by atoms with van der Waals surface area (Å²) in [4.78, 5) is 0. The van der Waals surface area contributed by atoms with Crippen LogP contribution in [-0.4, -0.2) is 95.4 Å². The molecule has 8 nitrogen and oxygen atoms in total. The molecule has 2 saturated heterocycles. The summed E-state index contributed by atoms with van der Waals surface area (Å²) in [6, 6.07) is 2.17. The molecule has 208 valence electrons. The lowest BCUT2D eigenvalue weighted by molar-refractivity contribution is -0.0828. The van der Waals surface area contributed by atoms with Crippen LogP contribution >= 0.6 is 0 Å². The maximum absolute atomic E-state index is 5.90. The van der Waals surface area contributed by atoms with Crippen molar-refractivity contribution in [3.63, 3.8) is 0 Å². The van der Waals surface area contributed by atoms with Gasteiger partial charge in [0.2, 0.25) is 0 Å². The van der Waals surface area contributed by atoms with Crippen LogP contribution in [0.15, 0.2) is 0 Å². The van der Waals surface area contributed by atoms with E-state index in [0.717, 1.165) is 57.8 Å². The van der Waals surface area contributed by atoms with Gasteiger partial charge in [0.15, 0.2) is 0 Å². The van der Waals surface area contributed by atoms with Crippen LogP contribution in [0.1, 0.15) is 66.7 Å². The molecule has 3 aliphatic rings. The lowest BCUT2D eigenvalue weighted by atomic mass is 9.88. The van der Waals surface area contributed by atoms with E-state index in [1.54, 1.807) is 0 Å². The maximum Gasteiger partial charge on any atom is 0.500 e. The Balaban J connectivity index is 0.000000251. The minimum absolute atomic E-state index is 0.0989. The Morgan fingerprint density at radius 1 is 0.886 bits per heavy atom. The van der Waals surface area contributed by atoms with Crippen molar-refractivity contribution in [3.8, 4) is 0 Å². The number of hydrogen-bond donors (Lipinski definition) is 0. The molecular formula is C25H52O8Si2. The summed E-state index contributed by atoms with van der Waals surface area (Å²) in [5.41, 5.74) is 0. The average molecular weight is 537 g/mol. The van der Waals surface area contributed by atoms with Gasteiger partial charge in [0.25, 0.3) is 0 Å². The summed E-state index contributed by atoms with van der Waals surface area (Å²) in [6.45, 7) is 16.1. The molecule has 1 aliphatic carbocycles. The first kappa shape index (κ1) is 31.3. The fourth-order valence-electron chi connectivity index (χ4n) is 4.61. The van der Waals surface area contributed by atoms with E-state index in [-0.39, 0.29) is 15.4 Å². The number of rotatable bonds is 20. The summed E-state index contributed by atoms with van der Waals surface area (Å²) >= 11 is 0. The Hall–Kier alpha value is 0.114. The third-order valence-corrected chi connectivity index (χ3v) is 11.4. The second kappa shape index (κ2) is 18.4. The zero-order chi connectivity index (χ0) is 25.4. The molecule has 0 spiro atoms. The van der Waals surface area contributed by atoms with E-state index in [1.807, 2.05) is 34.6 Å². The van der Waals surface area contributed by atoms with Gasteiger partial charge in [-0.05, 0) is 72.6 Å². The van der Waals surface area contributed by atoms with Crippen molar-refractivity contribution in [2.24, 2.45) is 5.92 Å². The summed E-state index contributed by atoms with van der Waals surface area (Å²) < 4.78 is 44.9. The lowest BCUT2D eigenvalue weighted by Gasteiger charge is -2.30. The predicted molar refractivity (Wildman–Crippen MR) is 142 cm³/mol. The highest BCUT2D eigenvalue weighted by Gasteiger charge is 2.46. The third kappa shape index (κ3) is 13.5. The molecule has 1 saturated carbocycles. The predicted octanol–water partition coefficient (Wildman–Crippen LogP) is 3.73. The monoisotopic (exact) mass is 536 g/mol. The molecule has 0 aromatic carbocycles. The summed E-state index contributed by atoms with van der Waals surface area (Å²) in [5, 5.41) is 0. The van der Waals surface area contributed by atoms with Crippen molar-refractivity contribution < 1.29 is 37.0 Å². The zero-order valence-corrected chi connectivity index (χ0v) is 25.4. The van der Waals surface area contributed by atoms with Crippen molar-refractivity contribution in [2.45, 2.75) is 103 Å². The van der Waals surface area contributed by atoms with Crippen molar-refractivity contribution in [3.05, 3.63) is 0 Å². The first-order valence-corrected chi connectivity index (χ1v) is 17.8. The lowest BCUT2D eigenvalue weighted by Crippen LogP contribution is -2.46. The molecule has 0 aromatic heterocycles. The van der Waals surface area contributed by atoms with E-state index in [4.69, 9.17) is 37.0 Å². The summed E-state index contributed by atoms with van der Waals surface area (Å²) in [5.74, 6) is 0.860. The van der Waals surface area contributed by atoms with Crippen LogP contribution in [0.25, 0.3) is 0 Å². The van der Waals surface area contributed by atoms with Gasteiger partial charge in [0.05, 0.1) is 34.9 Å². The first-order chi connectivity index (χ1) is 17.1. The van der Waals surface area contributed by atoms with Gasteiger partial charge in [-0.25, -0.2) is 0 Å². The van der Waals surface area contributed by atoms with E-state index < -0.39 is 8.80 Å². The molecule has 3 fully saturated rings. The zero-order valence-electron chi connectivity index (χ0n) is 23.0. The minimum atomic E-state index is -2.43. The SMILES string of the molecule is CCOC(OCC)[SiH2]CCCOCC1CO1.CCO[Si](CCC1CCC2OC2C1)(OCC)OCC. The normalized spacial score (nSPS) is 25.5. The van der Waals surface area contributed by atoms with Gasteiger partial charge in [0.1, 0.15) is 12.0 Å². The molecule has 0 radical (unpaired) electrons. The number of epoxide rings is 2. The minimum Gasteiger partial charge on any atom is -0.379 e. The molecule has 0 aromatic rings. The Kier molecular flexibility index (Phi) is 16.5. The Morgan fingerprint density at radius 2 is 1.54 bits per heavy atom. The molecule has 2 heterocycles. The van der Waals surface area contributed by atoms with E-state index in [9.17, 15) is 0 Å². The van der Waals surface area contributed by atoms with E-state index in [2.05, 4.69) is 0 Å². The largest absolute Gasteiger partial charge is 0.500 e. The highest BCUT2D eigenvalue weighted by molar-refractivity contribution is 6.60. The van der Waals surface area contributed by atoms with Crippen LogP contribution in [0.5, 0.6) is 0 Å². The second-order valence-electron chi connectivity index (χ2n) is 9.28. The molecule has 10 heteroatoms. The van der Waals surface area contributed by atoms with Crippen LogP contribution < -0.4 is 0 Å². The molecule has 0 amide bonds. The molecule has 2 aliphatic heterocycles. The van der Waals surface area contributed by atoms with Crippen molar-refractivity contribution in [1.29, 1.82) is 0 Å². The fourth-order valence-corrected chi connectivity index (χ4v) is 9.01. The standard InChI is InChI=1S/C14H28O4Si.C11H24O4Si/c1-4-15-19(16-5-2,17-6-3)10-9-12-7-8-13-14(11-12)18-13;1-3-13-11(14-4-2)16-7-5-6-12-8-10-9-15-10/h12-14H,4-11H2,1-3H3;10-11H,3-9,16H2,1-2H3. The van der Waals surface area contributed by atoms with Crippen LogP contribution in [0.3, 0.4) is 0 Å². The highest BCUT2D eigenvalue weighted by atomic mass is 28.4. The topological polar surface area (TPSA) is 80.4 Å². The first-order valence-electron chi connectivity index (χ1n) is 14.1. The molecule has 35 heavy (non-hydrogen) atoms. The van der Waals surface area contributed by atoms with E-state index in [1.165, 1.54) is 25.3 Å². The van der Waals surface area contributed by atoms with Crippen molar-refractivity contribution in [2.75, 3.05) is 52.9 Å². The maximum atomic E-state index is 5.90. The van der Waals surface area contributed by atoms with Crippen LogP contribution in [0.4, 0.5) is 0 Å². The van der Waals surface area contributed by atoms with Gasteiger partial charge < -0.3 is 37.0 Å². The average Bonchev–Trinajstić information content (AvgIpc) is 3.76. The Morgan fingerprint density at radius 3 is 2.09 bits per heavy atom. The number of fused-ring (bicyclic) bond motifs is 1. The summed E-state index contributed by atoms with van der Waals surface area (Å²) in [6.07, 6.45) is 7.55. The number of hydrogen-bond acceptors (Lipinski definition) is 8. The van der Waals surface area contributed by atoms with Gasteiger partial charge in [0, 0.05) is 45.7 Å². The molecule has 0 bridgehead atoms. The van der Waals surface area contributed by atoms with Gasteiger partial charge >= 0.3 is 8.80 Å². The molecule has 4 unspecified atom stereocenters. The van der Waals surface area contributed by atoms with Gasteiger partial charge in [-0.3, -0.25) is 0 Å². The molecular weight excluding hydrogens is 484 g/mol. The Labute approximate surface area is 217 Å². The van der Waals surface area contributed by atoms with E-state index >= 15 is 0 Å². The van der Waals surface area contributed by atoms with Gasteiger partial charge in [-0.15, -0.1) is 0 Å². The number of ether oxygens (including phenoxy) is 5. The molecule has 0 N–H and O–H groups in total. The van der Waals surface area contributed by atoms with Crippen LogP contribution in [0, 0.1) is 5.92 Å². The fraction of sp³-hybridized carbons (Fsp3) is 1.00. The van der Waals surface area contributed by atoms with E-state index in [0.29, 0.717) is 38.1 Å². The van der Waals surface area contributed by atoms with Crippen molar-refractivity contribution in [1.82, 2.24) is 0 Å². The smallest absolute Gasteiger partial charge is 0.379 e. The van der Waals surface area contributed by atoms with Gasteiger partial charge in [-0.1, -0.05) is 6.04 Å². The summed E-state index contributed by atoms with van der Waals surface area (Å²) in [7, 11) is -2.71. The van der Waals surface area contributed by atoms with Crippen molar-refractivity contribution >= 4 is 18.3 Å². The Bertz CT molecular complexity index is 503. The highest BCUT2D eigenvalue weighted by Crippen LogP contribution is 2.41. The second-order valence-corrected chi connectivity index (χ2v) is 14.0. The van der Waals surface area contributed by atoms with Crippen LogP contribution in [-0.2, 0) is 37.0 Å². The van der Waals surface area contributed by atoms with Gasteiger partial charge in [-0.2, -0.15) is 0 Å². The van der Waals surface area contributed by atoms with Crippen LogP contribution in [0.2, 0.25) is 12.1 Å². The molecule has 4 atom stereocenters. The third-order valence-electron chi connectivity index (χ3n) is 6.45.